The van der Waals surface area contributed by atoms with Crippen LogP contribution in [0.15, 0.2) is 58.9 Å². The van der Waals surface area contributed by atoms with Gasteiger partial charge in [-0.2, -0.15) is 0 Å². The molecule has 0 saturated carbocycles. The summed E-state index contributed by atoms with van der Waals surface area (Å²) in [6.45, 7) is 4.73. The fraction of sp³-hybridized carbons (Fsp3) is 0.250. The van der Waals surface area contributed by atoms with Gasteiger partial charge in [0.25, 0.3) is 0 Å². The van der Waals surface area contributed by atoms with Crippen molar-refractivity contribution in [1.29, 1.82) is 0 Å². The normalized spacial score (nSPS) is 13.2. The Morgan fingerprint density at radius 1 is 1.20 bits per heavy atom. The molecule has 3 rings (SSSR count). The van der Waals surface area contributed by atoms with Crippen LogP contribution in [0.25, 0.3) is 11.3 Å². The monoisotopic (exact) mass is 356 g/mol. The van der Waals surface area contributed by atoms with Crippen LogP contribution < -0.4 is 4.80 Å². The van der Waals surface area contributed by atoms with Crippen LogP contribution in [0, 0.1) is 12.7 Å². The molecule has 3 aromatic rings. The van der Waals surface area contributed by atoms with Crippen LogP contribution in [0.5, 0.6) is 0 Å². The van der Waals surface area contributed by atoms with E-state index in [1.807, 2.05) is 12.1 Å². The second kappa shape index (κ2) is 7.76. The van der Waals surface area contributed by atoms with Crippen LogP contribution in [-0.4, -0.2) is 18.3 Å². The van der Waals surface area contributed by atoms with Gasteiger partial charge in [-0.15, -0.1) is 11.3 Å². The van der Waals surface area contributed by atoms with Gasteiger partial charge in [-0.1, -0.05) is 12.1 Å². The van der Waals surface area contributed by atoms with E-state index in [1.54, 1.807) is 30.6 Å². The van der Waals surface area contributed by atoms with E-state index in [0.29, 0.717) is 6.61 Å². The first kappa shape index (κ1) is 17.6. The molecule has 5 heteroatoms. The molecule has 0 saturated heterocycles. The van der Waals surface area contributed by atoms with Gasteiger partial charge in [-0.3, -0.25) is 0 Å². The maximum absolute atomic E-state index is 13.3. The summed E-state index contributed by atoms with van der Waals surface area (Å²) in [5.74, 6) is -0.236. The number of hydrogen-bond donors (Lipinski definition) is 0. The Balaban J connectivity index is 2.14. The van der Waals surface area contributed by atoms with E-state index in [2.05, 4.69) is 35.9 Å². The van der Waals surface area contributed by atoms with Gasteiger partial charge in [0.15, 0.2) is 4.80 Å². The number of ether oxygens (including phenoxy) is 1. The molecule has 130 valence electrons. The van der Waals surface area contributed by atoms with E-state index in [4.69, 9.17) is 9.73 Å². The molecular weight excluding hydrogens is 335 g/mol. The molecule has 0 aliphatic rings. The number of hydrogen-bond acceptors (Lipinski definition) is 3. The summed E-state index contributed by atoms with van der Waals surface area (Å²) in [7, 11) is 1.69. The molecule has 0 radical (unpaired) electrons. The van der Waals surface area contributed by atoms with Gasteiger partial charge in [0.1, 0.15) is 5.82 Å². The average molecular weight is 356 g/mol. The lowest BCUT2D eigenvalue weighted by Crippen LogP contribution is -2.23. The zero-order valence-electron chi connectivity index (χ0n) is 14.6. The molecule has 0 amide bonds. The summed E-state index contributed by atoms with van der Waals surface area (Å²) in [6.07, 6.45) is 0. The van der Waals surface area contributed by atoms with Crippen molar-refractivity contribution in [3.63, 3.8) is 0 Å². The van der Waals surface area contributed by atoms with Crippen LogP contribution >= 0.6 is 11.3 Å². The molecular formula is C20H21FN2OS. The van der Waals surface area contributed by atoms with Gasteiger partial charge < -0.3 is 9.30 Å². The Morgan fingerprint density at radius 3 is 2.64 bits per heavy atom. The summed E-state index contributed by atoms with van der Waals surface area (Å²) in [5.41, 5.74) is 4.08. The predicted molar refractivity (Wildman–Crippen MR) is 101 cm³/mol. The van der Waals surface area contributed by atoms with Gasteiger partial charge in [0.05, 0.1) is 24.0 Å². The van der Waals surface area contributed by atoms with Crippen LogP contribution in [0.3, 0.4) is 0 Å². The van der Waals surface area contributed by atoms with E-state index < -0.39 is 0 Å². The van der Waals surface area contributed by atoms with Gasteiger partial charge in [0, 0.05) is 12.5 Å². The number of methoxy groups -OCH3 is 1. The lowest BCUT2D eigenvalue weighted by atomic mass is 10.1. The molecule has 1 heterocycles. The van der Waals surface area contributed by atoms with Crippen LogP contribution in [-0.2, 0) is 4.74 Å². The molecule has 0 N–H and O–H groups in total. The van der Waals surface area contributed by atoms with Gasteiger partial charge in [-0.25, -0.2) is 9.38 Å². The Hall–Kier alpha value is -2.24. The van der Waals surface area contributed by atoms with Crippen LogP contribution in [0.2, 0.25) is 0 Å². The van der Waals surface area contributed by atoms with Gasteiger partial charge in [0.2, 0.25) is 0 Å². The molecule has 2 aromatic carbocycles. The molecule has 0 fully saturated rings. The van der Waals surface area contributed by atoms with Crippen molar-refractivity contribution in [2.24, 2.45) is 4.99 Å². The fourth-order valence-corrected chi connectivity index (χ4v) is 3.80. The van der Waals surface area contributed by atoms with Crippen molar-refractivity contribution < 1.29 is 9.13 Å². The minimum absolute atomic E-state index is 0.111. The molecule has 25 heavy (non-hydrogen) atoms. The van der Waals surface area contributed by atoms with Crippen molar-refractivity contribution in [2.75, 3.05) is 13.7 Å². The van der Waals surface area contributed by atoms with E-state index in [1.165, 1.54) is 17.7 Å². The fourth-order valence-electron chi connectivity index (χ4n) is 2.78. The van der Waals surface area contributed by atoms with E-state index in [0.717, 1.165) is 21.7 Å². The highest BCUT2D eigenvalue weighted by atomic mass is 32.1. The maximum atomic E-state index is 13.3. The largest absolute Gasteiger partial charge is 0.383 e. The number of benzene rings is 2. The molecule has 1 aromatic heterocycles. The minimum atomic E-state index is -0.236. The lowest BCUT2D eigenvalue weighted by Gasteiger charge is -2.16. The van der Waals surface area contributed by atoms with Gasteiger partial charge in [-0.05, 0) is 61.4 Å². The molecule has 1 atom stereocenters. The molecule has 0 spiro atoms. The highest BCUT2D eigenvalue weighted by molar-refractivity contribution is 7.07. The number of thiazole rings is 1. The Kier molecular flexibility index (Phi) is 5.46. The van der Waals surface area contributed by atoms with Crippen molar-refractivity contribution in [1.82, 2.24) is 4.57 Å². The second-order valence-corrected chi connectivity index (χ2v) is 6.87. The average Bonchev–Trinajstić information content (AvgIpc) is 2.99. The lowest BCUT2D eigenvalue weighted by molar-refractivity contribution is 0.162. The third kappa shape index (κ3) is 4.06. The summed E-state index contributed by atoms with van der Waals surface area (Å²) in [6, 6.07) is 14.8. The van der Waals surface area contributed by atoms with Crippen molar-refractivity contribution in [2.45, 2.75) is 19.9 Å². The second-order valence-electron chi connectivity index (χ2n) is 6.04. The standard InChI is InChI=1S/C20H21FN2OS/c1-14-5-4-6-18(11-14)22-20-23(15(2)12-24-3)19(13-25-20)16-7-9-17(21)10-8-16/h4-11,13,15H,12H2,1-3H3. The summed E-state index contributed by atoms with van der Waals surface area (Å²) >= 11 is 1.58. The number of halogens is 1. The first-order valence-corrected chi connectivity index (χ1v) is 9.03. The molecule has 3 nitrogen and oxygen atoms in total. The summed E-state index contributed by atoms with van der Waals surface area (Å²) in [5, 5.41) is 2.06. The maximum Gasteiger partial charge on any atom is 0.190 e. The minimum Gasteiger partial charge on any atom is -0.383 e. The van der Waals surface area contributed by atoms with Crippen molar-refractivity contribution >= 4 is 17.0 Å². The van der Waals surface area contributed by atoms with Crippen molar-refractivity contribution in [3.05, 3.63) is 70.1 Å². The number of aromatic nitrogens is 1. The third-order valence-corrected chi connectivity index (χ3v) is 4.80. The zero-order chi connectivity index (χ0) is 17.8. The van der Waals surface area contributed by atoms with Crippen LogP contribution in [0.4, 0.5) is 10.1 Å². The SMILES string of the molecule is COCC(C)n1c(-c2ccc(F)cc2)csc1=Nc1cccc(C)c1. The molecule has 0 aliphatic heterocycles. The quantitative estimate of drug-likeness (QED) is 0.624. The van der Waals surface area contributed by atoms with E-state index in [-0.39, 0.29) is 11.9 Å². The Labute approximate surface area is 151 Å². The van der Waals surface area contributed by atoms with Crippen LogP contribution in [0.1, 0.15) is 18.5 Å². The summed E-state index contributed by atoms with van der Waals surface area (Å²) in [4.78, 5) is 5.72. The smallest absolute Gasteiger partial charge is 0.190 e. The van der Waals surface area contributed by atoms with Crippen molar-refractivity contribution in [3.8, 4) is 11.3 Å². The predicted octanol–water partition coefficient (Wildman–Crippen LogP) is 5.10. The summed E-state index contributed by atoms with van der Waals surface area (Å²) < 4.78 is 20.8. The third-order valence-electron chi connectivity index (χ3n) is 3.96. The zero-order valence-corrected chi connectivity index (χ0v) is 15.4. The Bertz CT molecular complexity index is 912. The number of nitrogens with zero attached hydrogens (tertiary/aromatic N) is 2. The first-order valence-electron chi connectivity index (χ1n) is 8.15. The van der Waals surface area contributed by atoms with E-state index >= 15 is 0 Å². The van der Waals surface area contributed by atoms with Gasteiger partial charge >= 0.3 is 0 Å². The number of rotatable bonds is 5. The molecule has 1 unspecified atom stereocenters. The topological polar surface area (TPSA) is 26.5 Å². The highest BCUT2D eigenvalue weighted by Gasteiger charge is 2.14. The van der Waals surface area contributed by atoms with E-state index in [9.17, 15) is 4.39 Å². The first-order chi connectivity index (χ1) is 12.1. The Morgan fingerprint density at radius 2 is 1.96 bits per heavy atom. The highest BCUT2D eigenvalue weighted by Crippen LogP contribution is 2.24. The number of aryl methyl sites for hydroxylation is 1. The molecule has 0 bridgehead atoms. The molecule has 0 aliphatic carbocycles.